The van der Waals surface area contributed by atoms with E-state index in [1.54, 1.807) is 4.90 Å². The zero-order chi connectivity index (χ0) is 21.8. The normalized spacial score (nSPS) is 27.3. The van der Waals surface area contributed by atoms with E-state index in [-0.39, 0.29) is 30.5 Å². The first-order valence-corrected chi connectivity index (χ1v) is 10.8. The third-order valence-electron chi connectivity index (χ3n) is 6.16. The number of carbonyl (C=O) groups excluding carboxylic acids is 3. The monoisotopic (exact) mass is 431 g/mol. The molecule has 1 spiro atoms. The summed E-state index contributed by atoms with van der Waals surface area (Å²) in [7, 11) is 0. The number of rotatable bonds is 5. The molecule has 3 atom stereocenters. The molecular formula is C22H29N3O6. The Morgan fingerprint density at radius 1 is 1.16 bits per heavy atom. The lowest BCUT2D eigenvalue weighted by molar-refractivity contribution is -0.191. The van der Waals surface area contributed by atoms with Crippen LogP contribution in [-0.2, 0) is 30.4 Å². The Morgan fingerprint density at radius 3 is 2.61 bits per heavy atom. The first-order chi connectivity index (χ1) is 15.0. The van der Waals surface area contributed by atoms with Crippen LogP contribution in [0.25, 0.3) is 0 Å². The quantitative estimate of drug-likeness (QED) is 0.728. The fourth-order valence-corrected chi connectivity index (χ4v) is 4.75. The maximum Gasteiger partial charge on any atom is 0.408 e. The van der Waals surface area contributed by atoms with Crippen molar-refractivity contribution in [2.45, 2.75) is 63.1 Å². The fraction of sp³-hybridized carbons (Fsp3) is 0.591. The van der Waals surface area contributed by atoms with Gasteiger partial charge in [-0.2, -0.15) is 0 Å². The molecule has 9 heteroatoms. The summed E-state index contributed by atoms with van der Waals surface area (Å²) in [6.45, 7) is 3.20. The molecule has 0 aromatic heterocycles. The maximum absolute atomic E-state index is 13.0. The molecule has 3 amide bonds. The summed E-state index contributed by atoms with van der Waals surface area (Å²) < 4.78 is 16.9. The lowest BCUT2D eigenvalue weighted by Crippen LogP contribution is -2.59. The van der Waals surface area contributed by atoms with Crippen LogP contribution >= 0.6 is 0 Å². The third kappa shape index (κ3) is 4.99. The molecule has 1 saturated carbocycles. The Kier molecular flexibility index (Phi) is 6.43. The standard InChI is InChI=1S/C22H29N3O6/c1-15(26)23-18-13-22(30-11-12-31-22)9-7-19(18)25-10-8-17(20(25)27)24-21(28)29-14-16-5-3-2-4-6-16/h2-6,17-19H,7-14H2,1H3,(H,23,26)(H,24,28)/t17-,18+,19?/m0/s1. The lowest BCUT2D eigenvalue weighted by Gasteiger charge is -2.44. The molecule has 1 unspecified atom stereocenters. The summed E-state index contributed by atoms with van der Waals surface area (Å²) in [6, 6.07) is 8.31. The highest BCUT2D eigenvalue weighted by molar-refractivity contribution is 5.88. The van der Waals surface area contributed by atoms with Crippen molar-refractivity contribution in [3.05, 3.63) is 35.9 Å². The van der Waals surface area contributed by atoms with Crippen LogP contribution in [0.15, 0.2) is 30.3 Å². The van der Waals surface area contributed by atoms with E-state index < -0.39 is 17.9 Å². The van der Waals surface area contributed by atoms with Crippen molar-refractivity contribution in [3.63, 3.8) is 0 Å². The van der Waals surface area contributed by atoms with Gasteiger partial charge in [-0.1, -0.05) is 30.3 Å². The summed E-state index contributed by atoms with van der Waals surface area (Å²) in [6.07, 6.45) is 1.70. The number of nitrogens with zero attached hydrogens (tertiary/aromatic N) is 1. The molecule has 9 nitrogen and oxygen atoms in total. The van der Waals surface area contributed by atoms with Crippen molar-refractivity contribution >= 4 is 17.9 Å². The highest BCUT2D eigenvalue weighted by Gasteiger charge is 2.49. The molecule has 2 heterocycles. The molecule has 1 aliphatic carbocycles. The van der Waals surface area contributed by atoms with Gasteiger partial charge in [0.25, 0.3) is 0 Å². The highest BCUT2D eigenvalue weighted by atomic mass is 16.7. The van der Waals surface area contributed by atoms with Gasteiger partial charge in [-0.25, -0.2) is 4.79 Å². The summed E-state index contributed by atoms with van der Waals surface area (Å²) >= 11 is 0. The first-order valence-electron chi connectivity index (χ1n) is 10.8. The molecule has 3 fully saturated rings. The number of benzene rings is 1. The number of ether oxygens (including phenoxy) is 3. The van der Waals surface area contributed by atoms with Crippen LogP contribution in [0.5, 0.6) is 0 Å². The van der Waals surface area contributed by atoms with Crippen LogP contribution in [0.4, 0.5) is 4.79 Å². The number of alkyl carbamates (subject to hydrolysis) is 1. The number of hydrogen-bond donors (Lipinski definition) is 2. The predicted molar refractivity (Wildman–Crippen MR) is 110 cm³/mol. The predicted octanol–water partition coefficient (Wildman–Crippen LogP) is 1.31. The molecule has 2 saturated heterocycles. The van der Waals surface area contributed by atoms with Crippen molar-refractivity contribution in [1.29, 1.82) is 0 Å². The van der Waals surface area contributed by atoms with E-state index >= 15 is 0 Å². The van der Waals surface area contributed by atoms with E-state index in [0.717, 1.165) is 5.56 Å². The summed E-state index contributed by atoms with van der Waals surface area (Å²) in [4.78, 5) is 38.8. The van der Waals surface area contributed by atoms with E-state index in [9.17, 15) is 14.4 Å². The van der Waals surface area contributed by atoms with Crippen molar-refractivity contribution in [1.82, 2.24) is 15.5 Å². The molecule has 3 aliphatic rings. The van der Waals surface area contributed by atoms with Crippen LogP contribution in [0.1, 0.15) is 38.2 Å². The smallest absolute Gasteiger partial charge is 0.408 e. The van der Waals surface area contributed by atoms with Crippen LogP contribution in [0.2, 0.25) is 0 Å². The Balaban J connectivity index is 1.34. The van der Waals surface area contributed by atoms with Crippen molar-refractivity contribution in [3.8, 4) is 0 Å². The van der Waals surface area contributed by atoms with Gasteiger partial charge in [0.2, 0.25) is 11.8 Å². The number of carbonyl (C=O) groups is 3. The SMILES string of the molecule is CC(=O)N[C@@H]1CC2(CCC1N1CC[C@H](NC(=O)OCc3ccccc3)C1=O)OCCO2. The Labute approximate surface area is 181 Å². The Morgan fingerprint density at radius 2 is 1.90 bits per heavy atom. The van der Waals surface area contributed by atoms with Crippen LogP contribution in [0.3, 0.4) is 0 Å². The van der Waals surface area contributed by atoms with E-state index in [2.05, 4.69) is 10.6 Å². The van der Waals surface area contributed by atoms with Crippen molar-refractivity contribution in [2.24, 2.45) is 0 Å². The van der Waals surface area contributed by atoms with Gasteiger partial charge in [-0.05, 0) is 18.4 Å². The number of amides is 3. The number of nitrogens with one attached hydrogen (secondary N) is 2. The fourth-order valence-electron chi connectivity index (χ4n) is 4.75. The van der Waals surface area contributed by atoms with E-state index in [4.69, 9.17) is 14.2 Å². The average Bonchev–Trinajstić information content (AvgIpc) is 3.34. The molecule has 1 aromatic carbocycles. The van der Waals surface area contributed by atoms with Gasteiger partial charge in [0, 0.05) is 26.3 Å². The van der Waals surface area contributed by atoms with E-state index in [1.165, 1.54) is 6.92 Å². The van der Waals surface area contributed by atoms with E-state index in [1.807, 2.05) is 30.3 Å². The Bertz CT molecular complexity index is 811. The molecule has 31 heavy (non-hydrogen) atoms. The van der Waals surface area contributed by atoms with Gasteiger partial charge in [-0.3, -0.25) is 9.59 Å². The third-order valence-corrected chi connectivity index (χ3v) is 6.16. The molecule has 2 aliphatic heterocycles. The maximum atomic E-state index is 13.0. The van der Waals surface area contributed by atoms with Gasteiger partial charge in [-0.15, -0.1) is 0 Å². The number of hydrogen-bond acceptors (Lipinski definition) is 6. The van der Waals surface area contributed by atoms with Gasteiger partial charge < -0.3 is 29.7 Å². The zero-order valence-corrected chi connectivity index (χ0v) is 17.7. The Hall–Kier alpha value is -2.65. The van der Waals surface area contributed by atoms with Crippen molar-refractivity contribution < 1.29 is 28.6 Å². The van der Waals surface area contributed by atoms with Gasteiger partial charge >= 0.3 is 6.09 Å². The van der Waals surface area contributed by atoms with Crippen LogP contribution in [-0.4, -0.2) is 66.5 Å². The van der Waals surface area contributed by atoms with Gasteiger partial charge in [0.05, 0.1) is 25.3 Å². The lowest BCUT2D eigenvalue weighted by atomic mass is 9.84. The second kappa shape index (κ2) is 9.23. The summed E-state index contributed by atoms with van der Waals surface area (Å²) in [5.41, 5.74) is 0.877. The second-order valence-corrected chi connectivity index (χ2v) is 8.30. The van der Waals surface area contributed by atoms with Crippen molar-refractivity contribution in [2.75, 3.05) is 19.8 Å². The van der Waals surface area contributed by atoms with Crippen LogP contribution in [0, 0.1) is 0 Å². The molecule has 2 N–H and O–H groups in total. The molecular weight excluding hydrogens is 402 g/mol. The van der Waals surface area contributed by atoms with Gasteiger partial charge in [0.1, 0.15) is 12.6 Å². The highest BCUT2D eigenvalue weighted by Crippen LogP contribution is 2.38. The minimum absolute atomic E-state index is 0.145. The molecule has 1 aromatic rings. The summed E-state index contributed by atoms with van der Waals surface area (Å²) in [5.74, 6) is -0.984. The minimum atomic E-state index is -0.675. The number of likely N-dealkylation sites (tertiary alicyclic amines) is 1. The summed E-state index contributed by atoms with van der Waals surface area (Å²) in [5, 5.41) is 5.65. The van der Waals surface area contributed by atoms with Gasteiger partial charge in [0.15, 0.2) is 5.79 Å². The van der Waals surface area contributed by atoms with Crippen LogP contribution < -0.4 is 10.6 Å². The first kappa shape index (κ1) is 21.6. The molecule has 4 rings (SSSR count). The second-order valence-electron chi connectivity index (χ2n) is 8.30. The topological polar surface area (TPSA) is 106 Å². The largest absolute Gasteiger partial charge is 0.445 e. The molecule has 0 radical (unpaired) electrons. The molecule has 168 valence electrons. The van der Waals surface area contributed by atoms with E-state index in [0.29, 0.717) is 45.4 Å². The molecule has 0 bridgehead atoms. The zero-order valence-electron chi connectivity index (χ0n) is 17.7. The average molecular weight is 431 g/mol. The minimum Gasteiger partial charge on any atom is -0.445 e.